The van der Waals surface area contributed by atoms with Crippen molar-refractivity contribution in [3.63, 3.8) is 0 Å². The predicted octanol–water partition coefficient (Wildman–Crippen LogP) is 16.8. The predicted molar refractivity (Wildman–Crippen MR) is 259 cm³/mol. The molecule has 1 unspecified atom stereocenters. The molecule has 0 amide bonds. The summed E-state index contributed by atoms with van der Waals surface area (Å²) in [5.41, 5.74) is 7.16. The highest BCUT2D eigenvalue weighted by Gasteiger charge is 2.33. The fourth-order valence-electron chi connectivity index (χ4n) is 10.2. The average Bonchev–Trinajstić information content (AvgIpc) is 4.01. The van der Waals surface area contributed by atoms with Crippen molar-refractivity contribution in [1.82, 2.24) is 0 Å². The molecule has 280 valence electrons. The third-order valence-electron chi connectivity index (χ3n) is 12.7. The van der Waals surface area contributed by atoms with Crippen LogP contribution >= 0.6 is 45.3 Å². The second-order valence-electron chi connectivity index (χ2n) is 16.7. The second kappa shape index (κ2) is 13.7. The molecule has 0 N–H and O–H groups in total. The van der Waals surface area contributed by atoms with Gasteiger partial charge in [-0.2, -0.15) is 0 Å². The van der Waals surface area contributed by atoms with E-state index in [1.165, 1.54) is 97.7 Å². The smallest absolute Gasteiger partial charge is 0.0355 e. The lowest BCUT2D eigenvalue weighted by Gasteiger charge is -2.36. The van der Waals surface area contributed by atoms with Gasteiger partial charge in [0.15, 0.2) is 0 Å². The zero-order valence-corrected chi connectivity index (χ0v) is 35.5. The molecule has 11 aromatic rings. The van der Waals surface area contributed by atoms with E-state index < -0.39 is 0 Å². The molecule has 0 radical (unpaired) electrons. The van der Waals surface area contributed by atoms with E-state index in [1.807, 2.05) is 45.3 Å². The molecule has 7 aromatic carbocycles. The Bertz CT molecular complexity index is 3140. The third kappa shape index (κ3) is 5.95. The Hall–Kier alpha value is -5.10. The fraction of sp³-hybridized carbons (Fsp3) is 0.148. The first-order valence-electron chi connectivity index (χ1n) is 20.5. The molecule has 1 atom stereocenters. The lowest BCUT2D eigenvalue weighted by Crippen LogP contribution is -2.32. The highest BCUT2D eigenvalue weighted by atomic mass is 32.1. The Morgan fingerprint density at radius 1 is 0.414 bits per heavy atom. The number of rotatable bonds is 8. The highest BCUT2D eigenvalue weighted by molar-refractivity contribution is 7.26. The maximum Gasteiger partial charge on any atom is 0.0355 e. The first kappa shape index (κ1) is 34.9. The molecule has 1 aliphatic carbocycles. The molecule has 4 aromatic heterocycles. The summed E-state index contributed by atoms with van der Waals surface area (Å²) < 4.78 is 9.62. The summed E-state index contributed by atoms with van der Waals surface area (Å²) in [6.07, 6.45) is 9.79. The first-order valence-corrected chi connectivity index (χ1v) is 23.7. The van der Waals surface area contributed by atoms with Gasteiger partial charge in [-0.05, 0) is 149 Å². The van der Waals surface area contributed by atoms with E-state index in [1.54, 1.807) is 5.56 Å². The molecule has 0 fully saturated rings. The standard InChI is InChI=1S/C54H40S4/c1-33-9-8-16-52-53(33)44-28-37(20-24-51(44)58-52)32-54(29-34-17-21-48-41(25-34)38-10-2-5-13-45(38)55-48,30-35-18-22-49-42(26-35)39-11-3-6-14-46(39)56-49)31-36-19-23-50-43(27-36)40-12-4-7-15-47(40)57-50/h2-8,10-28,33H,9,29-32H2,1H3. The summed E-state index contributed by atoms with van der Waals surface area (Å²) in [7, 11) is 0. The highest BCUT2D eigenvalue weighted by Crippen LogP contribution is 2.45. The third-order valence-corrected chi connectivity index (χ3v) is 17.3. The van der Waals surface area contributed by atoms with Crippen LogP contribution in [0.2, 0.25) is 0 Å². The number of hydrogen-bond acceptors (Lipinski definition) is 4. The van der Waals surface area contributed by atoms with Gasteiger partial charge in [0.1, 0.15) is 0 Å². The van der Waals surface area contributed by atoms with E-state index in [0.717, 1.165) is 32.1 Å². The van der Waals surface area contributed by atoms with Crippen molar-refractivity contribution in [1.29, 1.82) is 0 Å². The Labute approximate surface area is 354 Å². The number of hydrogen-bond donors (Lipinski definition) is 0. The van der Waals surface area contributed by atoms with Gasteiger partial charge in [0, 0.05) is 70.1 Å². The Morgan fingerprint density at radius 3 is 1.21 bits per heavy atom. The quantitative estimate of drug-likeness (QED) is 0.143. The molecule has 0 nitrogen and oxygen atoms in total. The minimum absolute atomic E-state index is 0.103. The Morgan fingerprint density at radius 2 is 0.776 bits per heavy atom. The van der Waals surface area contributed by atoms with Crippen molar-refractivity contribution in [2.24, 2.45) is 5.41 Å². The summed E-state index contributed by atoms with van der Waals surface area (Å²) in [4.78, 5) is 1.45. The molecule has 0 bridgehead atoms. The van der Waals surface area contributed by atoms with Crippen LogP contribution in [0.4, 0.5) is 0 Å². The van der Waals surface area contributed by atoms with Gasteiger partial charge in [0.2, 0.25) is 0 Å². The van der Waals surface area contributed by atoms with Crippen molar-refractivity contribution >= 4 is 122 Å². The summed E-state index contributed by atoms with van der Waals surface area (Å²) >= 11 is 7.70. The lowest BCUT2D eigenvalue weighted by atomic mass is 9.68. The van der Waals surface area contributed by atoms with Crippen molar-refractivity contribution in [2.75, 3.05) is 0 Å². The minimum atomic E-state index is -0.103. The summed E-state index contributed by atoms with van der Waals surface area (Å²) in [5.74, 6) is 0.542. The fourth-order valence-corrected chi connectivity index (χ4v) is 14.7. The van der Waals surface area contributed by atoms with Crippen LogP contribution < -0.4 is 0 Å². The van der Waals surface area contributed by atoms with Gasteiger partial charge >= 0.3 is 0 Å². The van der Waals surface area contributed by atoms with Crippen LogP contribution in [-0.2, 0) is 25.7 Å². The zero-order chi connectivity index (χ0) is 38.4. The normalized spacial score (nSPS) is 14.6. The average molecular weight is 817 g/mol. The summed E-state index contributed by atoms with van der Waals surface area (Å²) in [6.45, 7) is 2.41. The zero-order valence-electron chi connectivity index (χ0n) is 32.3. The molecular formula is C54H40S4. The van der Waals surface area contributed by atoms with Gasteiger partial charge < -0.3 is 0 Å². The van der Waals surface area contributed by atoms with E-state index in [9.17, 15) is 0 Å². The topological polar surface area (TPSA) is 0 Å². The van der Waals surface area contributed by atoms with Gasteiger partial charge in [0.25, 0.3) is 0 Å². The van der Waals surface area contributed by atoms with Gasteiger partial charge in [0.05, 0.1) is 0 Å². The maximum atomic E-state index is 2.58. The van der Waals surface area contributed by atoms with Crippen molar-refractivity contribution < 1.29 is 0 Å². The van der Waals surface area contributed by atoms with Crippen molar-refractivity contribution in [3.05, 3.63) is 184 Å². The van der Waals surface area contributed by atoms with Crippen LogP contribution in [0.5, 0.6) is 0 Å². The molecule has 0 spiro atoms. The summed E-state index contributed by atoms with van der Waals surface area (Å²) in [6, 6.07) is 56.3. The van der Waals surface area contributed by atoms with E-state index in [2.05, 4.69) is 165 Å². The van der Waals surface area contributed by atoms with Crippen LogP contribution in [0.1, 0.15) is 52.0 Å². The number of fused-ring (bicyclic) bond motifs is 12. The van der Waals surface area contributed by atoms with E-state index in [4.69, 9.17) is 0 Å². The van der Waals surface area contributed by atoms with Crippen molar-refractivity contribution in [2.45, 2.75) is 44.9 Å². The molecule has 0 saturated carbocycles. The molecule has 4 heteroatoms. The molecule has 4 heterocycles. The molecule has 58 heavy (non-hydrogen) atoms. The lowest BCUT2D eigenvalue weighted by molar-refractivity contribution is 0.276. The number of benzene rings is 7. The molecule has 12 rings (SSSR count). The largest absolute Gasteiger partial charge is 0.136 e. The molecule has 0 aliphatic heterocycles. The molecular weight excluding hydrogens is 777 g/mol. The van der Waals surface area contributed by atoms with Gasteiger partial charge in [-0.15, -0.1) is 45.3 Å². The Kier molecular flexibility index (Phi) is 8.27. The summed E-state index contributed by atoms with van der Waals surface area (Å²) in [5, 5.41) is 9.74. The SMILES string of the molecule is CC1CC=Cc2sc3ccc(CC(Cc4ccc5sc6ccccc6c5c4)(Cc4ccc5sc6ccccc6c5c4)Cc4ccc5sc6ccccc6c5c4)cc3c21. The van der Waals surface area contributed by atoms with Crippen molar-refractivity contribution in [3.8, 4) is 0 Å². The van der Waals surface area contributed by atoms with E-state index in [-0.39, 0.29) is 5.41 Å². The Balaban J connectivity index is 1.06. The van der Waals surface area contributed by atoms with E-state index >= 15 is 0 Å². The van der Waals surface area contributed by atoms with Crippen LogP contribution in [0.25, 0.3) is 76.7 Å². The number of thiophene rings is 4. The van der Waals surface area contributed by atoms with Gasteiger partial charge in [-0.25, -0.2) is 0 Å². The van der Waals surface area contributed by atoms with E-state index in [0.29, 0.717) is 5.92 Å². The monoisotopic (exact) mass is 816 g/mol. The maximum absolute atomic E-state index is 2.58. The van der Waals surface area contributed by atoms with Gasteiger partial charge in [-0.3, -0.25) is 0 Å². The van der Waals surface area contributed by atoms with Crippen LogP contribution in [-0.4, -0.2) is 0 Å². The minimum Gasteiger partial charge on any atom is -0.136 e. The second-order valence-corrected chi connectivity index (χ2v) is 21.1. The molecule has 0 saturated heterocycles. The number of allylic oxidation sites excluding steroid dienone is 1. The van der Waals surface area contributed by atoms with Crippen LogP contribution in [0.3, 0.4) is 0 Å². The first-order chi connectivity index (χ1) is 28.5. The van der Waals surface area contributed by atoms with Crippen LogP contribution in [0.15, 0.2) is 152 Å². The van der Waals surface area contributed by atoms with Crippen LogP contribution in [0, 0.1) is 5.41 Å². The molecule has 1 aliphatic rings. The van der Waals surface area contributed by atoms with Gasteiger partial charge in [-0.1, -0.05) is 91.9 Å².